The molecule has 1 fully saturated rings. The molecule has 2 atom stereocenters. The van der Waals surface area contributed by atoms with Gasteiger partial charge in [-0.05, 0) is 31.4 Å². The molecule has 1 heterocycles. The first-order valence-electron chi connectivity index (χ1n) is 7.33. The lowest BCUT2D eigenvalue weighted by atomic mass is 9.79. The second-order valence-corrected chi connectivity index (χ2v) is 5.50. The van der Waals surface area contributed by atoms with Gasteiger partial charge in [0.2, 0.25) is 0 Å². The number of benzene rings is 1. The highest BCUT2D eigenvalue weighted by Gasteiger charge is 2.59. The van der Waals surface area contributed by atoms with Gasteiger partial charge in [-0.1, -0.05) is 30.3 Å². The van der Waals surface area contributed by atoms with E-state index in [1.807, 2.05) is 44.2 Å². The van der Waals surface area contributed by atoms with E-state index in [-0.39, 0.29) is 18.2 Å². The summed E-state index contributed by atoms with van der Waals surface area (Å²) in [5.41, 5.74) is 1.15. The molecule has 0 bridgehead atoms. The monoisotopic (exact) mass is 288 g/mol. The average Bonchev–Trinajstić information content (AvgIpc) is 2.80. The number of hydrogen-bond acceptors (Lipinski definition) is 4. The predicted octanol–water partition coefficient (Wildman–Crippen LogP) is 2.88. The van der Waals surface area contributed by atoms with Gasteiger partial charge in [0.1, 0.15) is 5.41 Å². The molecule has 0 radical (unpaired) electrons. The summed E-state index contributed by atoms with van der Waals surface area (Å²) in [6.45, 7) is 7.86. The Morgan fingerprint density at radius 3 is 2.81 bits per heavy atom. The maximum Gasteiger partial charge on any atom is 0.321 e. The summed E-state index contributed by atoms with van der Waals surface area (Å²) < 4.78 is 16.7. The summed E-state index contributed by atoms with van der Waals surface area (Å²) in [4.78, 5) is 12.7. The van der Waals surface area contributed by atoms with Gasteiger partial charge in [0.05, 0.1) is 6.61 Å². The SMILES string of the molecule is C=CC1CC(C(=O)OCC)(C2OC(C)O2)c2ccccc21. The Hall–Kier alpha value is -1.65. The predicted molar refractivity (Wildman–Crippen MR) is 77.7 cm³/mol. The molecule has 4 heteroatoms. The van der Waals surface area contributed by atoms with Crippen LogP contribution in [0.3, 0.4) is 0 Å². The maximum atomic E-state index is 12.7. The summed E-state index contributed by atoms with van der Waals surface area (Å²) in [6, 6.07) is 7.90. The molecule has 1 aromatic carbocycles. The van der Waals surface area contributed by atoms with Gasteiger partial charge in [0.25, 0.3) is 0 Å². The van der Waals surface area contributed by atoms with Crippen LogP contribution in [-0.2, 0) is 24.4 Å². The van der Waals surface area contributed by atoms with Crippen molar-refractivity contribution in [1.82, 2.24) is 0 Å². The molecule has 1 saturated heterocycles. The highest BCUT2D eigenvalue weighted by molar-refractivity contribution is 5.86. The topological polar surface area (TPSA) is 44.8 Å². The minimum Gasteiger partial charge on any atom is -0.465 e. The molecule has 4 nitrogen and oxygen atoms in total. The Morgan fingerprint density at radius 1 is 1.48 bits per heavy atom. The molecule has 0 spiro atoms. The number of rotatable bonds is 4. The van der Waals surface area contributed by atoms with Crippen molar-refractivity contribution >= 4 is 5.97 Å². The van der Waals surface area contributed by atoms with Gasteiger partial charge in [0.15, 0.2) is 12.6 Å². The second-order valence-electron chi connectivity index (χ2n) is 5.50. The normalized spacial score (nSPS) is 33.9. The van der Waals surface area contributed by atoms with E-state index in [1.54, 1.807) is 0 Å². The largest absolute Gasteiger partial charge is 0.465 e. The van der Waals surface area contributed by atoms with Gasteiger partial charge in [-0.15, -0.1) is 6.58 Å². The van der Waals surface area contributed by atoms with Gasteiger partial charge < -0.3 is 14.2 Å². The fourth-order valence-corrected chi connectivity index (χ4v) is 3.37. The van der Waals surface area contributed by atoms with Crippen LogP contribution in [0.4, 0.5) is 0 Å². The van der Waals surface area contributed by atoms with E-state index in [2.05, 4.69) is 6.58 Å². The molecule has 1 aromatic rings. The van der Waals surface area contributed by atoms with E-state index in [1.165, 1.54) is 0 Å². The third-order valence-electron chi connectivity index (χ3n) is 4.34. The summed E-state index contributed by atoms with van der Waals surface area (Å²) in [7, 11) is 0. The van der Waals surface area contributed by atoms with Crippen LogP contribution < -0.4 is 0 Å². The lowest BCUT2D eigenvalue weighted by Crippen LogP contribution is -2.57. The molecule has 2 aliphatic rings. The fraction of sp³-hybridized carbons (Fsp3) is 0.471. The average molecular weight is 288 g/mol. The zero-order valence-electron chi connectivity index (χ0n) is 12.4. The molecule has 112 valence electrons. The third-order valence-corrected chi connectivity index (χ3v) is 4.34. The Labute approximate surface area is 124 Å². The van der Waals surface area contributed by atoms with Crippen LogP contribution in [0.1, 0.15) is 37.3 Å². The number of carbonyl (C=O) groups excluding carboxylic acids is 1. The minimum atomic E-state index is -0.891. The van der Waals surface area contributed by atoms with Crippen molar-refractivity contribution in [2.24, 2.45) is 0 Å². The molecule has 3 rings (SSSR count). The van der Waals surface area contributed by atoms with Crippen LogP contribution in [0.2, 0.25) is 0 Å². The van der Waals surface area contributed by atoms with E-state index in [4.69, 9.17) is 14.2 Å². The first kappa shape index (κ1) is 14.3. The van der Waals surface area contributed by atoms with Crippen molar-refractivity contribution < 1.29 is 19.0 Å². The van der Waals surface area contributed by atoms with Crippen LogP contribution in [-0.4, -0.2) is 25.2 Å². The van der Waals surface area contributed by atoms with Crippen LogP contribution in [0.5, 0.6) is 0 Å². The van der Waals surface area contributed by atoms with Crippen LogP contribution in [0, 0.1) is 0 Å². The Balaban J connectivity index is 2.08. The highest BCUT2D eigenvalue weighted by Crippen LogP contribution is 2.52. The molecular formula is C17H20O4. The van der Waals surface area contributed by atoms with Gasteiger partial charge in [-0.2, -0.15) is 0 Å². The minimum absolute atomic E-state index is 0.105. The Kier molecular flexibility index (Phi) is 3.59. The van der Waals surface area contributed by atoms with Crippen molar-refractivity contribution in [2.45, 2.75) is 44.2 Å². The molecule has 0 amide bonds. The third kappa shape index (κ3) is 2.01. The highest BCUT2D eigenvalue weighted by atomic mass is 16.9. The van der Waals surface area contributed by atoms with Crippen molar-refractivity contribution in [3.05, 3.63) is 48.0 Å². The standard InChI is InChI=1S/C17H20O4/c1-4-12-10-17(15(18)19-5-2,16-20-11(3)21-16)14-9-7-6-8-13(12)14/h4,6-9,11-12,16H,1,5,10H2,2-3H3. The molecule has 1 aliphatic heterocycles. The number of allylic oxidation sites excluding steroid dienone is 1. The zero-order valence-corrected chi connectivity index (χ0v) is 12.4. The first-order valence-corrected chi connectivity index (χ1v) is 7.33. The summed E-state index contributed by atoms with van der Waals surface area (Å²) in [5, 5.41) is 0. The number of carbonyl (C=O) groups is 1. The Bertz CT molecular complexity index is 562. The first-order chi connectivity index (χ1) is 10.1. The van der Waals surface area contributed by atoms with Crippen molar-refractivity contribution in [1.29, 1.82) is 0 Å². The summed E-state index contributed by atoms with van der Waals surface area (Å²) in [6.07, 6.45) is 1.59. The maximum absolute atomic E-state index is 12.7. The van der Waals surface area contributed by atoms with E-state index < -0.39 is 11.7 Å². The van der Waals surface area contributed by atoms with E-state index in [0.29, 0.717) is 13.0 Å². The fourth-order valence-electron chi connectivity index (χ4n) is 3.37. The summed E-state index contributed by atoms with van der Waals surface area (Å²) in [5.74, 6) is -0.174. The number of ether oxygens (including phenoxy) is 3. The molecule has 21 heavy (non-hydrogen) atoms. The van der Waals surface area contributed by atoms with Crippen LogP contribution >= 0.6 is 0 Å². The molecule has 0 saturated carbocycles. The van der Waals surface area contributed by atoms with Crippen LogP contribution in [0.25, 0.3) is 0 Å². The van der Waals surface area contributed by atoms with Crippen molar-refractivity contribution in [3.63, 3.8) is 0 Å². The molecule has 2 unspecified atom stereocenters. The van der Waals surface area contributed by atoms with Crippen LogP contribution in [0.15, 0.2) is 36.9 Å². The Morgan fingerprint density at radius 2 is 2.19 bits per heavy atom. The van der Waals surface area contributed by atoms with E-state index >= 15 is 0 Å². The number of fused-ring (bicyclic) bond motifs is 1. The molecule has 0 N–H and O–H groups in total. The molecule has 0 aromatic heterocycles. The van der Waals surface area contributed by atoms with Crippen molar-refractivity contribution in [3.8, 4) is 0 Å². The van der Waals surface area contributed by atoms with Gasteiger partial charge in [-0.3, -0.25) is 4.79 Å². The second kappa shape index (κ2) is 5.28. The van der Waals surface area contributed by atoms with Crippen molar-refractivity contribution in [2.75, 3.05) is 6.61 Å². The van der Waals surface area contributed by atoms with Gasteiger partial charge in [0, 0.05) is 5.92 Å². The molecular weight excluding hydrogens is 268 g/mol. The van der Waals surface area contributed by atoms with E-state index in [9.17, 15) is 4.79 Å². The zero-order chi connectivity index (χ0) is 15.0. The number of esters is 1. The smallest absolute Gasteiger partial charge is 0.321 e. The quantitative estimate of drug-likeness (QED) is 0.631. The van der Waals surface area contributed by atoms with E-state index in [0.717, 1.165) is 11.1 Å². The van der Waals surface area contributed by atoms with Gasteiger partial charge in [-0.25, -0.2) is 0 Å². The number of hydrogen-bond donors (Lipinski definition) is 0. The van der Waals surface area contributed by atoms with Gasteiger partial charge >= 0.3 is 5.97 Å². The lowest BCUT2D eigenvalue weighted by Gasteiger charge is -2.44. The molecule has 1 aliphatic carbocycles. The lowest BCUT2D eigenvalue weighted by molar-refractivity contribution is -0.394. The summed E-state index contributed by atoms with van der Waals surface area (Å²) >= 11 is 0.